The van der Waals surface area contributed by atoms with Crippen molar-refractivity contribution in [3.05, 3.63) is 65.5 Å². The number of ketones is 1. The Kier molecular flexibility index (Phi) is 3.72. The first-order valence-corrected chi connectivity index (χ1v) is 9.37. The van der Waals surface area contributed by atoms with Gasteiger partial charge in [-0.15, -0.1) is 0 Å². The van der Waals surface area contributed by atoms with E-state index in [1.165, 1.54) is 24.3 Å². The maximum atomic E-state index is 13.2. The fourth-order valence-corrected chi connectivity index (χ4v) is 3.69. The molecule has 124 valence electrons. The lowest BCUT2D eigenvalue weighted by Gasteiger charge is -2.39. The van der Waals surface area contributed by atoms with Gasteiger partial charge in [0.15, 0.2) is 15.6 Å². The number of benzene rings is 2. The minimum absolute atomic E-state index is 0.00562. The largest absolute Gasteiger partial charge is 0.293 e. The molecule has 0 N–H and O–H groups in total. The molecule has 0 heterocycles. The van der Waals surface area contributed by atoms with Gasteiger partial charge in [-0.05, 0) is 54.8 Å². The number of allylic oxidation sites excluding steroid dienone is 2. The molecule has 0 saturated carbocycles. The Labute approximate surface area is 140 Å². The minimum Gasteiger partial charge on any atom is -0.293 e. The van der Waals surface area contributed by atoms with Gasteiger partial charge in [-0.3, -0.25) is 4.79 Å². The van der Waals surface area contributed by atoms with E-state index < -0.39 is 15.3 Å². The van der Waals surface area contributed by atoms with Gasteiger partial charge in [0, 0.05) is 11.8 Å². The van der Waals surface area contributed by atoms with Crippen LogP contribution in [0.3, 0.4) is 0 Å². The highest BCUT2D eigenvalue weighted by atomic mass is 32.2. The van der Waals surface area contributed by atoms with Crippen molar-refractivity contribution in [2.45, 2.75) is 18.7 Å². The molecule has 0 amide bonds. The summed E-state index contributed by atoms with van der Waals surface area (Å²) in [7, 11) is -3.28. The zero-order valence-corrected chi connectivity index (χ0v) is 14.4. The molecule has 0 aliphatic heterocycles. The van der Waals surface area contributed by atoms with Crippen LogP contribution in [-0.2, 0) is 14.6 Å². The van der Waals surface area contributed by atoms with Crippen LogP contribution < -0.4 is 0 Å². The monoisotopic (exact) mass is 344 g/mol. The Morgan fingerprint density at radius 2 is 1.38 bits per heavy atom. The first kappa shape index (κ1) is 16.6. The number of Topliss-reactive ketones (excluding diaryl/α,β-unsaturated/α-hetero) is 1. The normalized spacial score (nSPS) is 16.9. The smallest absolute Gasteiger partial charge is 0.175 e. The molecule has 0 bridgehead atoms. The minimum atomic E-state index is -3.28. The maximum Gasteiger partial charge on any atom is 0.175 e. The van der Waals surface area contributed by atoms with Crippen LogP contribution in [0.2, 0.25) is 0 Å². The van der Waals surface area contributed by atoms with Gasteiger partial charge in [-0.2, -0.15) is 0 Å². The predicted molar refractivity (Wildman–Crippen MR) is 91.6 cm³/mol. The van der Waals surface area contributed by atoms with Crippen molar-refractivity contribution in [3.63, 3.8) is 0 Å². The number of carbonyl (C=O) groups is 1. The van der Waals surface area contributed by atoms with Crippen LogP contribution >= 0.6 is 0 Å². The van der Waals surface area contributed by atoms with Gasteiger partial charge in [0.25, 0.3) is 0 Å². The molecule has 5 heteroatoms. The summed E-state index contributed by atoms with van der Waals surface area (Å²) in [4.78, 5) is 12.8. The van der Waals surface area contributed by atoms with Gasteiger partial charge >= 0.3 is 0 Å². The van der Waals surface area contributed by atoms with E-state index in [1.807, 2.05) is 13.8 Å². The van der Waals surface area contributed by atoms with Crippen molar-refractivity contribution in [1.82, 2.24) is 0 Å². The van der Waals surface area contributed by atoms with Gasteiger partial charge in [0.1, 0.15) is 5.82 Å². The molecule has 24 heavy (non-hydrogen) atoms. The highest BCUT2D eigenvalue weighted by Gasteiger charge is 2.47. The van der Waals surface area contributed by atoms with Crippen LogP contribution in [0.4, 0.5) is 4.39 Å². The first-order chi connectivity index (χ1) is 11.1. The number of rotatable bonds is 3. The SMILES string of the molecule is CC1(C)C(=O)C(c2ccc(S(C)(=O)=O)cc2)=C1c1ccc(F)cc1. The number of carbonyl (C=O) groups excluding carboxylic acids is 1. The van der Waals surface area contributed by atoms with Gasteiger partial charge in [-0.25, -0.2) is 12.8 Å². The van der Waals surface area contributed by atoms with Crippen molar-refractivity contribution in [3.8, 4) is 0 Å². The number of hydrogen-bond donors (Lipinski definition) is 0. The summed E-state index contributed by atoms with van der Waals surface area (Å²) < 4.78 is 36.3. The van der Waals surface area contributed by atoms with Crippen LogP contribution in [0.15, 0.2) is 53.4 Å². The third kappa shape index (κ3) is 2.59. The average molecular weight is 344 g/mol. The zero-order valence-electron chi connectivity index (χ0n) is 13.6. The second-order valence-electron chi connectivity index (χ2n) is 6.51. The van der Waals surface area contributed by atoms with Crippen molar-refractivity contribution in [2.75, 3.05) is 6.26 Å². The molecule has 2 aromatic carbocycles. The van der Waals surface area contributed by atoms with Crippen LogP contribution in [0.1, 0.15) is 25.0 Å². The van der Waals surface area contributed by atoms with Gasteiger partial charge in [-0.1, -0.05) is 24.3 Å². The van der Waals surface area contributed by atoms with E-state index in [1.54, 1.807) is 24.3 Å². The third-order valence-electron chi connectivity index (χ3n) is 4.37. The van der Waals surface area contributed by atoms with Crippen LogP contribution in [0.25, 0.3) is 11.1 Å². The molecular formula is C19H17FO3S. The molecule has 0 saturated heterocycles. The summed E-state index contributed by atoms with van der Waals surface area (Å²) in [5.41, 5.74) is 2.23. The molecule has 2 aromatic rings. The Morgan fingerprint density at radius 1 is 0.875 bits per heavy atom. The molecule has 0 unspecified atom stereocenters. The Balaban J connectivity index is 2.14. The van der Waals surface area contributed by atoms with Gasteiger partial charge in [0.05, 0.1) is 10.3 Å². The Morgan fingerprint density at radius 3 is 1.88 bits per heavy atom. The Hall–Kier alpha value is -2.27. The van der Waals surface area contributed by atoms with E-state index in [9.17, 15) is 17.6 Å². The lowest BCUT2D eigenvalue weighted by molar-refractivity contribution is -0.120. The van der Waals surface area contributed by atoms with E-state index >= 15 is 0 Å². The van der Waals surface area contributed by atoms with E-state index in [4.69, 9.17) is 0 Å². The fraction of sp³-hybridized carbons (Fsp3) is 0.211. The molecular weight excluding hydrogens is 327 g/mol. The fourth-order valence-electron chi connectivity index (χ4n) is 3.06. The Bertz CT molecular complexity index is 951. The molecule has 1 aliphatic rings. The molecule has 3 rings (SSSR count). The second kappa shape index (κ2) is 5.38. The topological polar surface area (TPSA) is 51.2 Å². The summed E-state index contributed by atoms with van der Waals surface area (Å²) in [5, 5.41) is 0. The van der Waals surface area contributed by atoms with E-state index in [2.05, 4.69) is 0 Å². The first-order valence-electron chi connectivity index (χ1n) is 7.48. The summed E-state index contributed by atoms with van der Waals surface area (Å²) in [6.07, 6.45) is 1.14. The molecule has 0 spiro atoms. The maximum absolute atomic E-state index is 13.2. The average Bonchev–Trinajstić information content (AvgIpc) is 2.52. The zero-order chi connectivity index (χ0) is 17.7. The lowest BCUT2D eigenvalue weighted by atomic mass is 9.61. The van der Waals surface area contributed by atoms with E-state index in [-0.39, 0.29) is 16.5 Å². The van der Waals surface area contributed by atoms with Crippen molar-refractivity contribution >= 4 is 26.8 Å². The highest BCUT2D eigenvalue weighted by Crippen LogP contribution is 2.52. The number of sulfone groups is 1. The third-order valence-corrected chi connectivity index (χ3v) is 5.50. The van der Waals surface area contributed by atoms with E-state index in [0.29, 0.717) is 11.1 Å². The number of hydrogen-bond acceptors (Lipinski definition) is 3. The predicted octanol–water partition coefficient (Wildman–Crippen LogP) is 3.75. The molecule has 0 atom stereocenters. The summed E-state index contributed by atoms with van der Waals surface area (Å²) in [6.45, 7) is 3.67. The van der Waals surface area contributed by atoms with Crippen LogP contribution in [-0.4, -0.2) is 20.5 Å². The van der Waals surface area contributed by atoms with Gasteiger partial charge < -0.3 is 0 Å². The van der Waals surface area contributed by atoms with Gasteiger partial charge in [0.2, 0.25) is 0 Å². The second-order valence-corrected chi connectivity index (χ2v) is 8.52. The van der Waals surface area contributed by atoms with Crippen molar-refractivity contribution in [2.24, 2.45) is 5.41 Å². The quantitative estimate of drug-likeness (QED) is 0.852. The summed E-state index contributed by atoms with van der Waals surface area (Å²) in [5.74, 6) is -0.337. The van der Waals surface area contributed by atoms with Crippen LogP contribution in [0, 0.1) is 11.2 Å². The highest BCUT2D eigenvalue weighted by molar-refractivity contribution is 7.90. The molecule has 0 fully saturated rings. The lowest BCUT2D eigenvalue weighted by Crippen LogP contribution is -2.37. The van der Waals surface area contributed by atoms with Crippen molar-refractivity contribution in [1.29, 1.82) is 0 Å². The molecule has 1 aliphatic carbocycles. The standard InChI is InChI=1S/C19H17FO3S/c1-19(2)17(13-4-8-14(20)9-5-13)16(18(19)21)12-6-10-15(11-7-12)24(3,22)23/h4-11H,1-3H3. The van der Waals surface area contributed by atoms with Crippen molar-refractivity contribution < 1.29 is 17.6 Å². The molecule has 0 radical (unpaired) electrons. The molecule has 3 nitrogen and oxygen atoms in total. The molecule has 0 aromatic heterocycles. The van der Waals surface area contributed by atoms with Crippen LogP contribution in [0.5, 0.6) is 0 Å². The summed E-state index contributed by atoms with van der Waals surface area (Å²) in [6, 6.07) is 12.3. The van der Waals surface area contributed by atoms with E-state index in [0.717, 1.165) is 17.4 Å². The summed E-state index contributed by atoms with van der Waals surface area (Å²) >= 11 is 0. The number of halogens is 1.